The van der Waals surface area contributed by atoms with Crippen molar-refractivity contribution in [1.29, 1.82) is 0 Å². The van der Waals surface area contributed by atoms with Gasteiger partial charge in [0.1, 0.15) is 5.58 Å². The van der Waals surface area contributed by atoms with Crippen molar-refractivity contribution in [3.8, 4) is 0 Å². The van der Waals surface area contributed by atoms with Crippen molar-refractivity contribution in [3.63, 3.8) is 0 Å². The Morgan fingerprint density at radius 2 is 2.15 bits per heavy atom. The molecule has 1 aliphatic rings. The van der Waals surface area contributed by atoms with E-state index in [0.29, 0.717) is 30.7 Å². The second kappa shape index (κ2) is 5.09. The van der Waals surface area contributed by atoms with E-state index in [-0.39, 0.29) is 23.2 Å². The maximum atomic E-state index is 12.4. The molecule has 1 atom stereocenters. The van der Waals surface area contributed by atoms with Crippen LogP contribution in [0.3, 0.4) is 0 Å². The summed E-state index contributed by atoms with van der Waals surface area (Å²) in [6, 6.07) is 8.19. The molecule has 5 heteroatoms. The molecule has 104 valence electrons. The van der Waals surface area contributed by atoms with Gasteiger partial charge in [0.05, 0.1) is 18.1 Å². The Balaban J connectivity index is 1.97. The van der Waals surface area contributed by atoms with Crippen molar-refractivity contribution >= 4 is 16.9 Å². The molecule has 20 heavy (non-hydrogen) atoms. The van der Waals surface area contributed by atoms with Gasteiger partial charge < -0.3 is 14.1 Å². The smallest absolute Gasteiger partial charge is 0.289 e. The first kappa shape index (κ1) is 12.9. The van der Waals surface area contributed by atoms with Gasteiger partial charge in [0.15, 0.2) is 11.2 Å². The van der Waals surface area contributed by atoms with Crippen molar-refractivity contribution < 1.29 is 13.9 Å². The number of nitrogens with zero attached hydrogens (tertiary/aromatic N) is 1. The standard InChI is InChI=1S/C15H15NO4/c1-10-9-16(6-7-19-10)15(18)14-8-12(17)11-4-2-3-5-13(11)20-14/h2-5,8,10H,6-7,9H2,1H3/t10-/m1/s1. The molecule has 3 rings (SSSR count). The van der Waals surface area contributed by atoms with Crippen LogP contribution in [-0.4, -0.2) is 36.6 Å². The molecule has 1 aliphatic heterocycles. The summed E-state index contributed by atoms with van der Waals surface area (Å²) in [6.45, 7) is 3.44. The average Bonchev–Trinajstić information content (AvgIpc) is 2.46. The Hall–Kier alpha value is -2.14. The lowest BCUT2D eigenvalue weighted by Crippen LogP contribution is -2.44. The largest absolute Gasteiger partial charge is 0.451 e. The van der Waals surface area contributed by atoms with Gasteiger partial charge in [0.2, 0.25) is 0 Å². The Morgan fingerprint density at radius 3 is 2.95 bits per heavy atom. The van der Waals surface area contributed by atoms with E-state index in [1.54, 1.807) is 29.2 Å². The van der Waals surface area contributed by atoms with Crippen molar-refractivity contribution in [2.45, 2.75) is 13.0 Å². The van der Waals surface area contributed by atoms with Gasteiger partial charge in [-0.2, -0.15) is 0 Å². The quantitative estimate of drug-likeness (QED) is 0.792. The Morgan fingerprint density at radius 1 is 1.35 bits per heavy atom. The molecule has 5 nitrogen and oxygen atoms in total. The fourth-order valence-corrected chi connectivity index (χ4v) is 2.37. The summed E-state index contributed by atoms with van der Waals surface area (Å²) < 4.78 is 11.0. The van der Waals surface area contributed by atoms with Crippen LogP contribution in [0.15, 0.2) is 39.5 Å². The maximum Gasteiger partial charge on any atom is 0.289 e. The third-order valence-corrected chi connectivity index (χ3v) is 3.37. The zero-order valence-electron chi connectivity index (χ0n) is 11.2. The third-order valence-electron chi connectivity index (χ3n) is 3.37. The lowest BCUT2D eigenvalue weighted by Gasteiger charge is -2.30. The predicted molar refractivity (Wildman–Crippen MR) is 73.8 cm³/mol. The zero-order valence-corrected chi connectivity index (χ0v) is 11.2. The summed E-state index contributed by atoms with van der Waals surface area (Å²) in [6.07, 6.45) is -0.000113. The molecule has 1 saturated heterocycles. The van der Waals surface area contributed by atoms with Gasteiger partial charge in [0.25, 0.3) is 5.91 Å². The van der Waals surface area contributed by atoms with Crippen molar-refractivity contribution in [3.05, 3.63) is 46.3 Å². The third kappa shape index (κ3) is 2.32. The number of morpholine rings is 1. The molecule has 0 N–H and O–H groups in total. The summed E-state index contributed by atoms with van der Waals surface area (Å²) in [5.74, 6) is -0.175. The van der Waals surface area contributed by atoms with Crippen molar-refractivity contribution in [2.24, 2.45) is 0 Å². The average molecular weight is 273 g/mol. The normalized spacial score (nSPS) is 19.2. The molecule has 2 aromatic rings. The number of hydrogen-bond donors (Lipinski definition) is 0. The molecule has 1 aromatic heterocycles. The van der Waals surface area contributed by atoms with Gasteiger partial charge >= 0.3 is 0 Å². The minimum absolute atomic E-state index is 0.000113. The molecule has 0 radical (unpaired) electrons. The van der Waals surface area contributed by atoms with E-state index in [1.165, 1.54) is 6.07 Å². The van der Waals surface area contributed by atoms with Crippen LogP contribution in [0.2, 0.25) is 0 Å². The van der Waals surface area contributed by atoms with E-state index >= 15 is 0 Å². The highest BCUT2D eigenvalue weighted by Gasteiger charge is 2.24. The van der Waals surface area contributed by atoms with Crippen LogP contribution in [0.1, 0.15) is 17.5 Å². The minimum Gasteiger partial charge on any atom is -0.451 e. The first-order valence-electron chi connectivity index (χ1n) is 6.59. The highest BCUT2D eigenvalue weighted by molar-refractivity contribution is 5.93. The van der Waals surface area contributed by atoms with Gasteiger partial charge in [-0.3, -0.25) is 9.59 Å². The molecule has 1 amide bonds. The summed E-state index contributed by atoms with van der Waals surface area (Å²) in [5.41, 5.74) is 0.237. The number of ether oxygens (including phenoxy) is 1. The van der Waals surface area contributed by atoms with E-state index in [1.807, 2.05) is 6.92 Å². The van der Waals surface area contributed by atoms with Crippen LogP contribution in [-0.2, 0) is 4.74 Å². The summed E-state index contributed by atoms with van der Waals surface area (Å²) in [7, 11) is 0. The van der Waals surface area contributed by atoms with Crippen LogP contribution in [0.25, 0.3) is 11.0 Å². The molecule has 1 fully saturated rings. The van der Waals surface area contributed by atoms with Gasteiger partial charge in [0, 0.05) is 19.2 Å². The number of amides is 1. The van der Waals surface area contributed by atoms with E-state index in [4.69, 9.17) is 9.15 Å². The number of carbonyl (C=O) groups excluding carboxylic acids is 1. The first-order chi connectivity index (χ1) is 9.65. The van der Waals surface area contributed by atoms with Crippen molar-refractivity contribution in [2.75, 3.05) is 19.7 Å². The van der Waals surface area contributed by atoms with E-state index in [0.717, 1.165) is 0 Å². The summed E-state index contributed by atoms with van der Waals surface area (Å²) in [4.78, 5) is 26.0. The fraction of sp³-hybridized carbons (Fsp3) is 0.333. The topological polar surface area (TPSA) is 59.8 Å². The van der Waals surface area contributed by atoms with Crippen LogP contribution < -0.4 is 5.43 Å². The Labute approximate surface area is 115 Å². The highest BCUT2D eigenvalue weighted by atomic mass is 16.5. The maximum absolute atomic E-state index is 12.4. The van der Waals surface area contributed by atoms with Crippen LogP contribution >= 0.6 is 0 Å². The second-order valence-corrected chi connectivity index (χ2v) is 4.90. The van der Waals surface area contributed by atoms with Gasteiger partial charge in [-0.1, -0.05) is 12.1 Å². The number of fused-ring (bicyclic) bond motifs is 1. The number of benzene rings is 1. The lowest BCUT2D eigenvalue weighted by molar-refractivity contribution is -0.0134. The molecule has 0 saturated carbocycles. The van der Waals surface area contributed by atoms with E-state index in [9.17, 15) is 9.59 Å². The molecule has 0 unspecified atom stereocenters. The zero-order chi connectivity index (χ0) is 14.1. The second-order valence-electron chi connectivity index (χ2n) is 4.90. The molecule has 0 bridgehead atoms. The minimum atomic E-state index is -0.261. The van der Waals surface area contributed by atoms with Crippen LogP contribution in [0.4, 0.5) is 0 Å². The molecule has 0 spiro atoms. The summed E-state index contributed by atoms with van der Waals surface area (Å²) >= 11 is 0. The Kier molecular flexibility index (Phi) is 3.28. The fourth-order valence-electron chi connectivity index (χ4n) is 2.37. The number of para-hydroxylation sites is 1. The highest BCUT2D eigenvalue weighted by Crippen LogP contribution is 2.15. The molecular formula is C15H15NO4. The van der Waals surface area contributed by atoms with Gasteiger partial charge in [-0.25, -0.2) is 0 Å². The molecule has 2 heterocycles. The predicted octanol–water partition coefficient (Wildman–Crippen LogP) is 1.65. The number of hydrogen-bond acceptors (Lipinski definition) is 4. The van der Waals surface area contributed by atoms with Gasteiger partial charge in [-0.05, 0) is 19.1 Å². The van der Waals surface area contributed by atoms with Crippen LogP contribution in [0, 0.1) is 0 Å². The monoisotopic (exact) mass is 273 g/mol. The molecule has 1 aromatic carbocycles. The molecule has 0 aliphatic carbocycles. The SMILES string of the molecule is C[C@@H]1CN(C(=O)c2cc(=O)c3ccccc3o2)CCO1. The van der Waals surface area contributed by atoms with Crippen LogP contribution in [0.5, 0.6) is 0 Å². The van der Waals surface area contributed by atoms with E-state index in [2.05, 4.69) is 0 Å². The lowest BCUT2D eigenvalue weighted by atomic mass is 10.2. The molecular weight excluding hydrogens is 258 g/mol. The first-order valence-corrected chi connectivity index (χ1v) is 6.59. The van der Waals surface area contributed by atoms with E-state index < -0.39 is 0 Å². The summed E-state index contributed by atoms with van der Waals surface area (Å²) in [5, 5.41) is 0.486. The number of carbonyl (C=O) groups is 1. The van der Waals surface area contributed by atoms with Crippen molar-refractivity contribution in [1.82, 2.24) is 4.90 Å². The number of rotatable bonds is 1. The van der Waals surface area contributed by atoms with Gasteiger partial charge in [-0.15, -0.1) is 0 Å². The Bertz CT molecular complexity index is 706.